The van der Waals surface area contributed by atoms with Gasteiger partial charge in [-0.15, -0.1) is 0 Å². The molecular weight excluding hydrogens is 510 g/mol. The summed E-state index contributed by atoms with van der Waals surface area (Å²) >= 11 is 7.33. The van der Waals surface area contributed by atoms with E-state index in [2.05, 4.69) is 21.0 Å². The second-order valence-electron chi connectivity index (χ2n) is 6.78. The average molecular weight is 535 g/mol. The summed E-state index contributed by atoms with van der Waals surface area (Å²) < 4.78 is 40.5. The van der Waals surface area contributed by atoms with Gasteiger partial charge in [-0.3, -0.25) is 20.3 Å². The van der Waals surface area contributed by atoms with Gasteiger partial charge in [0.2, 0.25) is 0 Å². The van der Waals surface area contributed by atoms with Crippen molar-refractivity contribution in [2.24, 2.45) is 0 Å². The number of aromatic nitrogens is 1. The fourth-order valence-electron chi connectivity index (χ4n) is 2.71. The fraction of sp³-hybridized carbons (Fsp3) is 0.381. The van der Waals surface area contributed by atoms with Crippen LogP contribution in [0.3, 0.4) is 0 Å². The van der Waals surface area contributed by atoms with Gasteiger partial charge in [-0.25, -0.2) is 15.0 Å². The molecule has 1 aromatic carbocycles. The number of carbonyl (C=O) groups excluding carboxylic acids is 3. The summed E-state index contributed by atoms with van der Waals surface area (Å²) in [5.74, 6) is -0.923. The van der Waals surface area contributed by atoms with Crippen LogP contribution in [0.25, 0.3) is 0 Å². The van der Waals surface area contributed by atoms with Crippen LogP contribution in [-0.4, -0.2) is 53.9 Å². The summed E-state index contributed by atoms with van der Waals surface area (Å²) in [6.07, 6.45) is 2.95. The molecule has 0 aliphatic heterocycles. The van der Waals surface area contributed by atoms with Crippen molar-refractivity contribution >= 4 is 41.3 Å². The van der Waals surface area contributed by atoms with Crippen molar-refractivity contribution in [2.75, 3.05) is 24.0 Å². The first-order valence-corrected chi connectivity index (χ1v) is 12.1. The molecule has 192 valence electrons. The number of benzene rings is 1. The first-order chi connectivity index (χ1) is 16.7. The maximum atomic E-state index is 12.8. The van der Waals surface area contributed by atoms with Crippen LogP contribution < -0.4 is 21.0 Å². The van der Waals surface area contributed by atoms with Crippen LogP contribution in [0, 0.1) is 0 Å². The molecule has 2 rings (SSSR count). The highest BCUT2D eigenvalue weighted by molar-refractivity contribution is 7.98. The zero-order valence-corrected chi connectivity index (χ0v) is 20.5. The molecule has 1 aromatic heterocycles. The van der Waals surface area contributed by atoms with E-state index >= 15 is 0 Å². The molecule has 10 nitrogen and oxygen atoms in total. The van der Waals surface area contributed by atoms with Gasteiger partial charge >= 0.3 is 18.7 Å². The van der Waals surface area contributed by atoms with Crippen molar-refractivity contribution in [3.63, 3.8) is 0 Å². The van der Waals surface area contributed by atoms with Crippen molar-refractivity contribution < 1.29 is 37.4 Å². The summed E-state index contributed by atoms with van der Waals surface area (Å²) in [5, 5.41) is -0.0148. The minimum Gasteiger partial charge on any atom is -0.456 e. The lowest BCUT2D eigenvalue weighted by Gasteiger charge is -2.19. The number of rotatable bonds is 13. The Balaban J connectivity index is 2.01. The number of hydrogen-bond acceptors (Lipinski definition) is 8. The Morgan fingerprint density at radius 3 is 2.66 bits per heavy atom. The van der Waals surface area contributed by atoms with E-state index in [1.54, 1.807) is 6.92 Å². The van der Waals surface area contributed by atoms with Crippen molar-refractivity contribution in [1.29, 1.82) is 0 Å². The van der Waals surface area contributed by atoms with Crippen molar-refractivity contribution in [3.8, 4) is 5.75 Å². The zero-order chi connectivity index (χ0) is 25.8. The Bertz CT molecular complexity index is 1010. The van der Waals surface area contributed by atoms with Crippen molar-refractivity contribution in [1.82, 2.24) is 15.5 Å². The number of alkyl halides is 2. The molecule has 0 aliphatic carbocycles. The first kappa shape index (κ1) is 28.2. The van der Waals surface area contributed by atoms with Gasteiger partial charge in [0.15, 0.2) is 0 Å². The van der Waals surface area contributed by atoms with Gasteiger partial charge in [0, 0.05) is 6.20 Å². The van der Waals surface area contributed by atoms with E-state index in [4.69, 9.17) is 21.1 Å². The molecule has 0 fully saturated rings. The third-order valence-corrected chi connectivity index (χ3v) is 5.28. The maximum absolute atomic E-state index is 12.8. The topological polar surface area (TPSA) is 120 Å². The Morgan fingerprint density at radius 1 is 1.20 bits per heavy atom. The number of halogens is 3. The van der Waals surface area contributed by atoms with Gasteiger partial charge in [0.05, 0.1) is 11.6 Å². The van der Waals surface area contributed by atoms with Crippen molar-refractivity contribution in [2.45, 2.75) is 32.6 Å². The summed E-state index contributed by atoms with van der Waals surface area (Å²) in [6, 6.07) is 6.21. The number of hydrazine groups is 1. The predicted molar refractivity (Wildman–Crippen MR) is 126 cm³/mol. The molecule has 0 bridgehead atoms. The van der Waals surface area contributed by atoms with Crippen LogP contribution in [-0.2, 0) is 20.9 Å². The van der Waals surface area contributed by atoms with Gasteiger partial charge in [0.25, 0.3) is 5.91 Å². The van der Waals surface area contributed by atoms with Gasteiger partial charge in [-0.2, -0.15) is 20.5 Å². The third kappa shape index (κ3) is 9.26. The summed E-state index contributed by atoms with van der Waals surface area (Å²) in [7, 11) is 0. The van der Waals surface area contributed by atoms with Gasteiger partial charge in [0.1, 0.15) is 24.1 Å². The monoisotopic (exact) mass is 534 g/mol. The highest BCUT2D eigenvalue weighted by Crippen LogP contribution is 2.27. The first-order valence-electron chi connectivity index (χ1n) is 10.3. The number of amides is 2. The zero-order valence-electron chi connectivity index (χ0n) is 18.9. The number of thioether (sulfide) groups is 1. The van der Waals surface area contributed by atoms with Gasteiger partial charge < -0.3 is 14.2 Å². The lowest BCUT2D eigenvalue weighted by molar-refractivity contribution is -0.119. The second kappa shape index (κ2) is 14.4. The number of hydrogen-bond donors (Lipinski definition) is 3. The van der Waals surface area contributed by atoms with Crippen LogP contribution >= 0.6 is 23.4 Å². The minimum absolute atomic E-state index is 0.0123. The molecule has 35 heavy (non-hydrogen) atoms. The number of esters is 1. The van der Waals surface area contributed by atoms with Crippen LogP contribution in [0.15, 0.2) is 36.5 Å². The lowest BCUT2D eigenvalue weighted by atomic mass is 10.2. The van der Waals surface area contributed by atoms with Gasteiger partial charge in [-0.1, -0.05) is 17.7 Å². The molecular formula is C21H25ClF2N4O6S. The number of ether oxygens (including phenoxy) is 3. The van der Waals surface area contributed by atoms with E-state index in [0.29, 0.717) is 17.7 Å². The molecule has 0 aliphatic rings. The Morgan fingerprint density at radius 2 is 1.97 bits per heavy atom. The van der Waals surface area contributed by atoms with E-state index in [-0.39, 0.29) is 29.7 Å². The molecule has 0 radical (unpaired) electrons. The summed E-state index contributed by atoms with van der Waals surface area (Å²) in [5.41, 5.74) is 7.86. The van der Waals surface area contributed by atoms with E-state index in [9.17, 15) is 23.2 Å². The van der Waals surface area contributed by atoms with E-state index in [0.717, 1.165) is 0 Å². The highest BCUT2D eigenvalue weighted by Gasteiger charge is 2.22. The fourth-order valence-corrected chi connectivity index (χ4v) is 3.34. The van der Waals surface area contributed by atoms with Crippen LogP contribution in [0.2, 0.25) is 5.02 Å². The Labute approximate surface area is 209 Å². The molecule has 2 aromatic rings. The van der Waals surface area contributed by atoms with Gasteiger partial charge in [-0.05, 0) is 55.2 Å². The number of nitrogens with one attached hydrogen (secondary N) is 3. The molecule has 0 spiro atoms. The van der Waals surface area contributed by atoms with E-state index in [1.165, 1.54) is 53.0 Å². The Hall–Kier alpha value is -3.03. The molecule has 0 saturated carbocycles. The average Bonchev–Trinajstić information content (AvgIpc) is 3.27. The minimum atomic E-state index is -3.06. The normalized spacial score (nSPS) is 11.6. The predicted octanol–water partition coefficient (Wildman–Crippen LogP) is 3.54. The maximum Gasteiger partial charge on any atom is 0.421 e. The SMILES string of the molecule is CCOC(=O)NN[C@@H](CCSC)C(=O)Nn1cccc1C(=O)OCc1ccc(Cl)c(OC(F)F)c1. The molecule has 3 N–H and O–H groups in total. The summed E-state index contributed by atoms with van der Waals surface area (Å²) in [6.45, 7) is -1.50. The Kier molecular flexibility index (Phi) is 11.6. The molecule has 2 amide bonds. The standard InChI is InChI=1S/C21H25ClF2N4O6S/c1-3-32-21(31)26-25-15(8-10-35-2)18(29)27-28-9-4-5-16(28)19(30)33-12-13-6-7-14(22)17(11-13)34-20(23)24/h4-7,9,11,15,20,25H,3,8,10,12H2,1-2H3,(H,26,31)(H,27,29)/t15-/m0/s1. The molecule has 0 saturated heterocycles. The molecule has 1 atom stereocenters. The smallest absolute Gasteiger partial charge is 0.421 e. The molecule has 0 unspecified atom stereocenters. The molecule has 1 heterocycles. The number of carbonyl (C=O) groups is 3. The largest absolute Gasteiger partial charge is 0.456 e. The quantitative estimate of drug-likeness (QED) is 0.264. The van der Waals surface area contributed by atoms with Crippen LogP contribution in [0.4, 0.5) is 13.6 Å². The third-order valence-electron chi connectivity index (χ3n) is 4.32. The summed E-state index contributed by atoms with van der Waals surface area (Å²) in [4.78, 5) is 36.9. The highest BCUT2D eigenvalue weighted by atomic mass is 35.5. The number of nitrogens with zero attached hydrogens (tertiary/aromatic N) is 1. The van der Waals surface area contributed by atoms with Crippen LogP contribution in [0.1, 0.15) is 29.4 Å². The van der Waals surface area contributed by atoms with Crippen molar-refractivity contribution in [3.05, 3.63) is 52.8 Å². The van der Waals surface area contributed by atoms with E-state index in [1.807, 2.05) is 6.26 Å². The molecule has 14 heteroatoms. The van der Waals surface area contributed by atoms with Crippen LogP contribution in [0.5, 0.6) is 5.75 Å². The lowest BCUT2D eigenvalue weighted by Crippen LogP contribution is -2.51. The van der Waals surface area contributed by atoms with E-state index < -0.39 is 30.6 Å². The second-order valence-corrected chi connectivity index (χ2v) is 8.18.